The number of carbonyl (C=O) groups is 1. The average molecular weight is 327 g/mol. The lowest BCUT2D eigenvalue weighted by Crippen LogP contribution is -2.31. The highest BCUT2D eigenvalue weighted by atomic mass is 35.5. The molecule has 0 saturated carbocycles. The Labute approximate surface area is 139 Å². The lowest BCUT2D eigenvalue weighted by molar-refractivity contribution is -0.121. The number of benzene rings is 1. The van der Waals surface area contributed by atoms with Gasteiger partial charge in [0.05, 0.1) is 6.10 Å². The van der Waals surface area contributed by atoms with Gasteiger partial charge in [-0.1, -0.05) is 24.3 Å². The maximum absolute atomic E-state index is 11.9. The highest BCUT2D eigenvalue weighted by Crippen LogP contribution is 2.18. The van der Waals surface area contributed by atoms with Gasteiger partial charge in [0.15, 0.2) is 0 Å². The normalized spacial score (nSPS) is 16.6. The summed E-state index contributed by atoms with van der Waals surface area (Å²) in [6.45, 7) is 4.39. The lowest BCUT2D eigenvalue weighted by Gasteiger charge is -2.22. The third-order valence-corrected chi connectivity index (χ3v) is 4.28. The third kappa shape index (κ3) is 5.95. The molecule has 22 heavy (non-hydrogen) atoms. The van der Waals surface area contributed by atoms with Gasteiger partial charge in [0, 0.05) is 13.0 Å². The van der Waals surface area contributed by atoms with Crippen molar-refractivity contribution < 1.29 is 9.90 Å². The first-order chi connectivity index (χ1) is 10.2. The molecule has 4 nitrogen and oxygen atoms in total. The van der Waals surface area contributed by atoms with E-state index in [0.717, 1.165) is 30.6 Å². The Hall–Kier alpha value is -1.10. The standard InChI is InChI=1S/C17H26N2O2.ClH/c1-13-4-2-3-5-15(13)16(20)12-19-17(21)7-6-14-8-10-18-11-9-14;/h2-5,14,16,18,20H,6-12H2,1H3,(H,19,21);1H. The maximum atomic E-state index is 11.9. The van der Waals surface area contributed by atoms with Gasteiger partial charge in [-0.05, 0) is 56.3 Å². The van der Waals surface area contributed by atoms with Gasteiger partial charge in [-0.3, -0.25) is 4.79 Å². The van der Waals surface area contributed by atoms with Crippen LogP contribution in [0.4, 0.5) is 0 Å². The Morgan fingerprint density at radius 2 is 2.05 bits per heavy atom. The van der Waals surface area contributed by atoms with Gasteiger partial charge in [0.25, 0.3) is 0 Å². The zero-order valence-corrected chi connectivity index (χ0v) is 14.0. The number of carbonyl (C=O) groups excluding carboxylic acids is 1. The molecule has 0 radical (unpaired) electrons. The van der Waals surface area contributed by atoms with Crippen molar-refractivity contribution >= 4 is 18.3 Å². The molecule has 1 aliphatic rings. The highest BCUT2D eigenvalue weighted by Gasteiger charge is 2.15. The topological polar surface area (TPSA) is 61.4 Å². The number of amides is 1. The number of hydrogen-bond acceptors (Lipinski definition) is 3. The number of hydrogen-bond donors (Lipinski definition) is 3. The summed E-state index contributed by atoms with van der Waals surface area (Å²) in [6, 6.07) is 7.73. The maximum Gasteiger partial charge on any atom is 0.220 e. The van der Waals surface area contributed by atoms with E-state index in [-0.39, 0.29) is 24.9 Å². The Morgan fingerprint density at radius 3 is 2.73 bits per heavy atom. The second kappa shape index (κ2) is 9.82. The Kier molecular flexibility index (Phi) is 8.46. The average Bonchev–Trinajstić information content (AvgIpc) is 2.52. The molecule has 2 rings (SSSR count). The van der Waals surface area contributed by atoms with Crippen LogP contribution < -0.4 is 10.6 Å². The minimum absolute atomic E-state index is 0. The summed E-state index contributed by atoms with van der Waals surface area (Å²) in [5, 5.41) is 16.3. The molecule has 0 spiro atoms. The number of halogens is 1. The fourth-order valence-electron chi connectivity index (χ4n) is 2.88. The van der Waals surface area contributed by atoms with E-state index in [1.807, 2.05) is 31.2 Å². The van der Waals surface area contributed by atoms with Crippen LogP contribution in [0.3, 0.4) is 0 Å². The van der Waals surface area contributed by atoms with Crippen LogP contribution in [0.2, 0.25) is 0 Å². The number of nitrogens with one attached hydrogen (secondary N) is 2. The largest absolute Gasteiger partial charge is 0.387 e. The van der Waals surface area contributed by atoms with Crippen molar-refractivity contribution in [3.63, 3.8) is 0 Å². The van der Waals surface area contributed by atoms with E-state index < -0.39 is 6.10 Å². The molecule has 1 heterocycles. The molecule has 1 aromatic carbocycles. The molecule has 3 N–H and O–H groups in total. The van der Waals surface area contributed by atoms with Crippen LogP contribution in [0.5, 0.6) is 0 Å². The molecule has 0 aromatic heterocycles. The van der Waals surface area contributed by atoms with Crippen LogP contribution in [-0.4, -0.2) is 30.6 Å². The SMILES string of the molecule is Cc1ccccc1C(O)CNC(=O)CCC1CCNCC1.Cl. The van der Waals surface area contributed by atoms with Gasteiger partial charge in [0.2, 0.25) is 5.91 Å². The zero-order valence-electron chi connectivity index (χ0n) is 13.2. The molecule has 1 saturated heterocycles. The molecule has 1 atom stereocenters. The first-order valence-electron chi connectivity index (χ1n) is 7.88. The third-order valence-electron chi connectivity index (χ3n) is 4.28. The molecule has 1 amide bonds. The smallest absolute Gasteiger partial charge is 0.220 e. The monoisotopic (exact) mass is 326 g/mol. The summed E-state index contributed by atoms with van der Waals surface area (Å²) in [5.74, 6) is 0.708. The van der Waals surface area contributed by atoms with Crippen molar-refractivity contribution in [1.29, 1.82) is 0 Å². The second-order valence-corrected chi connectivity index (χ2v) is 5.91. The molecule has 1 fully saturated rings. The molecule has 0 aliphatic carbocycles. The van der Waals surface area contributed by atoms with Crippen molar-refractivity contribution in [2.45, 2.75) is 38.7 Å². The van der Waals surface area contributed by atoms with E-state index in [2.05, 4.69) is 10.6 Å². The summed E-state index contributed by atoms with van der Waals surface area (Å²) in [5.41, 5.74) is 1.94. The number of piperidine rings is 1. The fraction of sp³-hybridized carbons (Fsp3) is 0.588. The molecule has 1 aromatic rings. The van der Waals surface area contributed by atoms with Crippen molar-refractivity contribution in [3.8, 4) is 0 Å². The fourth-order valence-corrected chi connectivity index (χ4v) is 2.88. The molecule has 1 unspecified atom stereocenters. The van der Waals surface area contributed by atoms with Gasteiger partial charge in [-0.2, -0.15) is 0 Å². The molecular weight excluding hydrogens is 300 g/mol. The summed E-state index contributed by atoms with van der Waals surface area (Å²) >= 11 is 0. The summed E-state index contributed by atoms with van der Waals surface area (Å²) < 4.78 is 0. The van der Waals surface area contributed by atoms with Crippen LogP contribution in [0, 0.1) is 12.8 Å². The van der Waals surface area contributed by atoms with E-state index in [1.165, 1.54) is 12.8 Å². The quantitative estimate of drug-likeness (QED) is 0.752. The summed E-state index contributed by atoms with van der Waals surface area (Å²) in [4.78, 5) is 11.9. The van der Waals surface area contributed by atoms with Gasteiger partial charge in [0.1, 0.15) is 0 Å². The number of aryl methyl sites for hydroxylation is 1. The van der Waals surface area contributed by atoms with Gasteiger partial charge < -0.3 is 15.7 Å². The molecule has 1 aliphatic heterocycles. The van der Waals surface area contributed by atoms with E-state index in [4.69, 9.17) is 0 Å². The molecule has 124 valence electrons. The van der Waals surface area contributed by atoms with Crippen LogP contribution in [0.15, 0.2) is 24.3 Å². The van der Waals surface area contributed by atoms with Crippen molar-refractivity contribution in [2.75, 3.05) is 19.6 Å². The number of aliphatic hydroxyl groups excluding tert-OH is 1. The van der Waals surface area contributed by atoms with E-state index in [0.29, 0.717) is 12.3 Å². The molecule has 5 heteroatoms. The minimum atomic E-state index is -0.631. The van der Waals surface area contributed by atoms with Gasteiger partial charge >= 0.3 is 0 Å². The Balaban J connectivity index is 0.00000242. The number of aliphatic hydroxyl groups is 1. The lowest BCUT2D eigenvalue weighted by atomic mass is 9.93. The van der Waals surface area contributed by atoms with Crippen molar-refractivity contribution in [3.05, 3.63) is 35.4 Å². The summed E-state index contributed by atoms with van der Waals surface area (Å²) in [6.07, 6.45) is 3.21. The Bertz CT molecular complexity index is 462. The summed E-state index contributed by atoms with van der Waals surface area (Å²) in [7, 11) is 0. The predicted molar refractivity (Wildman–Crippen MR) is 91.2 cm³/mol. The predicted octanol–water partition coefficient (Wildman–Crippen LogP) is 2.35. The highest BCUT2D eigenvalue weighted by molar-refractivity contribution is 5.85. The molecule has 0 bridgehead atoms. The van der Waals surface area contributed by atoms with E-state index in [1.54, 1.807) is 0 Å². The van der Waals surface area contributed by atoms with Crippen LogP contribution in [-0.2, 0) is 4.79 Å². The van der Waals surface area contributed by atoms with Gasteiger partial charge in [-0.15, -0.1) is 12.4 Å². The first-order valence-corrected chi connectivity index (χ1v) is 7.88. The first kappa shape index (κ1) is 18.9. The molecular formula is C17H27ClN2O2. The van der Waals surface area contributed by atoms with Crippen molar-refractivity contribution in [1.82, 2.24) is 10.6 Å². The van der Waals surface area contributed by atoms with Crippen molar-refractivity contribution in [2.24, 2.45) is 5.92 Å². The van der Waals surface area contributed by atoms with Crippen LogP contribution in [0.1, 0.15) is 42.9 Å². The number of rotatable bonds is 6. The Morgan fingerprint density at radius 1 is 1.36 bits per heavy atom. The van der Waals surface area contributed by atoms with E-state index >= 15 is 0 Å². The minimum Gasteiger partial charge on any atom is -0.387 e. The zero-order chi connectivity index (χ0) is 15.1. The van der Waals surface area contributed by atoms with Crippen LogP contribution in [0.25, 0.3) is 0 Å². The van der Waals surface area contributed by atoms with Gasteiger partial charge in [-0.25, -0.2) is 0 Å². The van der Waals surface area contributed by atoms with Crippen LogP contribution >= 0.6 is 12.4 Å². The van der Waals surface area contributed by atoms with E-state index in [9.17, 15) is 9.90 Å². The second-order valence-electron chi connectivity index (χ2n) is 5.91.